The molecule has 0 bridgehead atoms. The standard InChI is InChI=1S/C15H12N4OS/c20-15(14-10-17-19-21-14)18-13-3-1-11(2-4-13)9-12-5-7-16-8-6-12/h1-8,10H,9H2,(H,18,20). The van der Waals surface area contributed by atoms with Crippen molar-refractivity contribution in [3.63, 3.8) is 0 Å². The Morgan fingerprint density at radius 1 is 1.05 bits per heavy atom. The maximum atomic E-state index is 11.9. The van der Waals surface area contributed by atoms with E-state index in [1.165, 1.54) is 17.3 Å². The molecule has 2 aromatic heterocycles. The minimum atomic E-state index is -0.188. The number of carbonyl (C=O) groups is 1. The highest BCUT2D eigenvalue weighted by molar-refractivity contribution is 7.07. The van der Waals surface area contributed by atoms with Gasteiger partial charge in [0.25, 0.3) is 5.91 Å². The van der Waals surface area contributed by atoms with Crippen molar-refractivity contribution in [3.8, 4) is 0 Å². The van der Waals surface area contributed by atoms with Gasteiger partial charge in [-0.1, -0.05) is 16.6 Å². The molecule has 2 heterocycles. The molecule has 3 aromatic rings. The molecule has 21 heavy (non-hydrogen) atoms. The zero-order chi connectivity index (χ0) is 14.5. The van der Waals surface area contributed by atoms with E-state index in [4.69, 9.17) is 0 Å². The molecule has 0 fully saturated rings. The van der Waals surface area contributed by atoms with Gasteiger partial charge in [-0.3, -0.25) is 9.78 Å². The van der Waals surface area contributed by atoms with Crippen LogP contribution in [0.3, 0.4) is 0 Å². The average molecular weight is 296 g/mol. The molecule has 0 spiro atoms. The molecule has 1 aromatic carbocycles. The minimum absolute atomic E-state index is 0.188. The van der Waals surface area contributed by atoms with Gasteiger partial charge in [0.15, 0.2) is 0 Å². The normalized spacial score (nSPS) is 10.3. The maximum Gasteiger partial charge on any atom is 0.269 e. The summed E-state index contributed by atoms with van der Waals surface area (Å²) < 4.78 is 3.67. The third-order valence-electron chi connectivity index (χ3n) is 2.95. The van der Waals surface area contributed by atoms with Crippen LogP contribution in [0.15, 0.2) is 55.0 Å². The zero-order valence-electron chi connectivity index (χ0n) is 11.1. The molecule has 0 atom stereocenters. The van der Waals surface area contributed by atoms with Crippen molar-refractivity contribution < 1.29 is 4.79 Å². The van der Waals surface area contributed by atoms with Gasteiger partial charge < -0.3 is 5.32 Å². The highest BCUT2D eigenvalue weighted by Crippen LogP contribution is 2.14. The van der Waals surface area contributed by atoms with E-state index < -0.39 is 0 Å². The summed E-state index contributed by atoms with van der Waals surface area (Å²) in [6.45, 7) is 0. The summed E-state index contributed by atoms with van der Waals surface area (Å²) in [5.74, 6) is -0.188. The number of benzene rings is 1. The van der Waals surface area contributed by atoms with Crippen LogP contribution in [0.4, 0.5) is 5.69 Å². The first-order chi connectivity index (χ1) is 10.3. The first-order valence-corrected chi connectivity index (χ1v) is 7.15. The molecular weight excluding hydrogens is 284 g/mol. The number of aromatic nitrogens is 3. The molecule has 104 valence electrons. The minimum Gasteiger partial charge on any atom is -0.321 e. The Bertz CT molecular complexity index is 711. The van der Waals surface area contributed by atoms with E-state index in [1.54, 1.807) is 12.4 Å². The summed E-state index contributed by atoms with van der Waals surface area (Å²) in [5, 5.41) is 6.47. The summed E-state index contributed by atoms with van der Waals surface area (Å²) in [4.78, 5) is 16.4. The van der Waals surface area contributed by atoms with E-state index in [2.05, 4.69) is 19.9 Å². The fraction of sp³-hybridized carbons (Fsp3) is 0.0667. The molecule has 3 rings (SSSR count). The number of nitrogens with one attached hydrogen (secondary N) is 1. The van der Waals surface area contributed by atoms with Crippen LogP contribution in [0.25, 0.3) is 0 Å². The molecule has 0 unspecified atom stereocenters. The quantitative estimate of drug-likeness (QED) is 0.804. The Kier molecular flexibility index (Phi) is 3.97. The molecule has 6 heteroatoms. The van der Waals surface area contributed by atoms with Crippen molar-refractivity contribution in [1.29, 1.82) is 0 Å². The lowest BCUT2D eigenvalue weighted by Gasteiger charge is -2.05. The van der Waals surface area contributed by atoms with Crippen molar-refractivity contribution in [2.24, 2.45) is 0 Å². The first kappa shape index (κ1) is 13.4. The molecule has 0 saturated heterocycles. The highest BCUT2D eigenvalue weighted by atomic mass is 32.1. The van der Waals surface area contributed by atoms with E-state index >= 15 is 0 Å². The molecule has 0 saturated carbocycles. The summed E-state index contributed by atoms with van der Waals surface area (Å²) >= 11 is 1.08. The fourth-order valence-corrected chi connectivity index (χ4v) is 2.31. The molecule has 1 amide bonds. The van der Waals surface area contributed by atoms with Gasteiger partial charge in [-0.2, -0.15) is 0 Å². The van der Waals surface area contributed by atoms with Crippen LogP contribution in [-0.2, 0) is 6.42 Å². The molecule has 0 aliphatic rings. The van der Waals surface area contributed by atoms with Gasteiger partial charge in [0.2, 0.25) is 0 Å². The van der Waals surface area contributed by atoms with Gasteiger partial charge in [0.1, 0.15) is 4.88 Å². The van der Waals surface area contributed by atoms with E-state index in [9.17, 15) is 4.79 Å². The van der Waals surface area contributed by atoms with Crippen LogP contribution in [0, 0.1) is 0 Å². The second kappa shape index (κ2) is 6.23. The van der Waals surface area contributed by atoms with Gasteiger partial charge in [0.05, 0.1) is 6.20 Å². The van der Waals surface area contributed by atoms with Crippen LogP contribution in [0.2, 0.25) is 0 Å². The second-order valence-electron chi connectivity index (χ2n) is 4.47. The van der Waals surface area contributed by atoms with Gasteiger partial charge in [-0.05, 0) is 53.3 Å². The largest absolute Gasteiger partial charge is 0.321 e. The van der Waals surface area contributed by atoms with Crippen LogP contribution < -0.4 is 5.32 Å². The second-order valence-corrected chi connectivity index (χ2v) is 5.25. The average Bonchev–Trinajstić information content (AvgIpc) is 3.05. The lowest BCUT2D eigenvalue weighted by molar-refractivity contribution is 0.103. The number of hydrogen-bond donors (Lipinski definition) is 1. The van der Waals surface area contributed by atoms with Crippen molar-refractivity contribution >= 4 is 23.1 Å². The van der Waals surface area contributed by atoms with Crippen LogP contribution in [-0.4, -0.2) is 20.5 Å². The highest BCUT2D eigenvalue weighted by Gasteiger charge is 2.08. The number of nitrogens with zero attached hydrogens (tertiary/aromatic N) is 3. The van der Waals surface area contributed by atoms with Gasteiger partial charge in [-0.15, -0.1) is 5.10 Å². The first-order valence-electron chi connectivity index (χ1n) is 6.38. The number of hydrogen-bond acceptors (Lipinski definition) is 5. The Balaban J connectivity index is 1.65. The summed E-state index contributed by atoms with van der Waals surface area (Å²) in [6, 6.07) is 11.8. The molecule has 0 aliphatic carbocycles. The molecule has 5 nitrogen and oxygen atoms in total. The number of pyridine rings is 1. The topological polar surface area (TPSA) is 67.8 Å². The van der Waals surface area contributed by atoms with Gasteiger partial charge in [0, 0.05) is 18.1 Å². The molecule has 0 radical (unpaired) electrons. The molecular formula is C15H12N4OS. The summed E-state index contributed by atoms with van der Waals surface area (Å²) in [7, 11) is 0. The van der Waals surface area contributed by atoms with E-state index in [0.717, 1.165) is 23.6 Å². The van der Waals surface area contributed by atoms with E-state index in [1.807, 2.05) is 36.4 Å². The van der Waals surface area contributed by atoms with E-state index in [0.29, 0.717) is 4.88 Å². The monoisotopic (exact) mass is 296 g/mol. The third-order valence-corrected chi connectivity index (χ3v) is 3.62. The van der Waals surface area contributed by atoms with Crippen molar-refractivity contribution in [2.75, 3.05) is 5.32 Å². The van der Waals surface area contributed by atoms with Crippen LogP contribution in [0.1, 0.15) is 20.8 Å². The van der Waals surface area contributed by atoms with Crippen LogP contribution >= 0.6 is 11.5 Å². The van der Waals surface area contributed by atoms with Crippen molar-refractivity contribution in [2.45, 2.75) is 6.42 Å². The van der Waals surface area contributed by atoms with Crippen LogP contribution in [0.5, 0.6) is 0 Å². The molecule has 0 aliphatic heterocycles. The Hall–Kier alpha value is -2.60. The van der Waals surface area contributed by atoms with Crippen molar-refractivity contribution in [3.05, 3.63) is 71.0 Å². The Labute approximate surface area is 125 Å². The lowest BCUT2D eigenvalue weighted by atomic mass is 10.1. The zero-order valence-corrected chi connectivity index (χ0v) is 11.9. The predicted molar refractivity (Wildman–Crippen MR) is 81.3 cm³/mol. The SMILES string of the molecule is O=C(Nc1ccc(Cc2ccncc2)cc1)c1cnns1. The summed E-state index contributed by atoms with van der Waals surface area (Å²) in [6.07, 6.45) is 5.87. The molecule has 1 N–H and O–H groups in total. The number of carbonyl (C=O) groups excluding carboxylic acids is 1. The Morgan fingerprint density at radius 3 is 2.43 bits per heavy atom. The number of amides is 1. The fourth-order valence-electron chi connectivity index (χ4n) is 1.90. The third kappa shape index (κ3) is 3.49. The lowest BCUT2D eigenvalue weighted by Crippen LogP contribution is -2.10. The van der Waals surface area contributed by atoms with Gasteiger partial charge in [-0.25, -0.2) is 0 Å². The van der Waals surface area contributed by atoms with Gasteiger partial charge >= 0.3 is 0 Å². The van der Waals surface area contributed by atoms with Crippen molar-refractivity contribution in [1.82, 2.24) is 14.6 Å². The number of anilines is 1. The predicted octanol–water partition coefficient (Wildman–Crippen LogP) is 2.78. The smallest absolute Gasteiger partial charge is 0.269 e. The Morgan fingerprint density at radius 2 is 1.76 bits per heavy atom. The number of rotatable bonds is 4. The van der Waals surface area contributed by atoms with E-state index in [-0.39, 0.29) is 5.91 Å². The summed E-state index contributed by atoms with van der Waals surface area (Å²) in [5.41, 5.74) is 3.14. The maximum absolute atomic E-state index is 11.9.